The molecule has 2 N–H and O–H groups in total. The van der Waals surface area contributed by atoms with Crippen LogP contribution in [0.4, 0.5) is 11.5 Å². The summed E-state index contributed by atoms with van der Waals surface area (Å²) >= 11 is 6.43. The fourth-order valence-corrected chi connectivity index (χ4v) is 4.63. The van der Waals surface area contributed by atoms with Gasteiger partial charge in [0.05, 0.1) is 11.7 Å². The lowest BCUT2D eigenvalue weighted by Gasteiger charge is -2.31. The Morgan fingerprint density at radius 2 is 1.85 bits per heavy atom. The zero-order chi connectivity index (χ0) is 29.3. The molecule has 1 aliphatic heterocycles. The maximum Gasteiger partial charge on any atom is 0.293 e. The Labute approximate surface area is 240 Å². The second-order valence-corrected chi connectivity index (χ2v) is 10.2. The Hall–Kier alpha value is -4.49. The first kappa shape index (κ1) is 28.1. The molecule has 0 atom stereocenters. The SMILES string of the molecule is CNC(=O)COc1cc2cc(Nc3nc(-n4nc(C(=O)N5CCN(C)CC5)cc4C)ncc3Cl)ccc2n(C)c1=O. The molecule has 1 saturated heterocycles. The summed E-state index contributed by atoms with van der Waals surface area (Å²) in [5, 5.41) is 11.1. The normalized spacial score (nSPS) is 13.8. The van der Waals surface area contributed by atoms with Crippen LogP contribution in [-0.2, 0) is 11.8 Å². The first-order valence-electron chi connectivity index (χ1n) is 13.0. The van der Waals surface area contributed by atoms with Crippen LogP contribution < -0.4 is 20.9 Å². The highest BCUT2D eigenvalue weighted by atomic mass is 35.5. The Bertz CT molecular complexity index is 1690. The van der Waals surface area contributed by atoms with Gasteiger partial charge in [0, 0.05) is 57.0 Å². The second-order valence-electron chi connectivity index (χ2n) is 9.78. The number of carbonyl (C=O) groups excluding carboxylic acids is 2. The Morgan fingerprint density at radius 3 is 2.59 bits per heavy atom. The standard InChI is InChI=1S/C27H30ClN9O4/c1-16-11-20(25(39)36-9-7-34(3)8-10-36)33-37(16)27-30-14-19(28)24(32-27)31-18-5-6-21-17(12-18)13-22(26(40)35(21)4)41-15-23(38)29-2/h5-6,11-14H,7-10,15H2,1-4H3,(H,29,38)(H,30,31,32). The number of rotatable bonds is 7. The molecule has 4 heterocycles. The van der Waals surface area contributed by atoms with E-state index < -0.39 is 0 Å². The van der Waals surface area contributed by atoms with Crippen LogP contribution in [0.1, 0.15) is 16.2 Å². The quantitative estimate of drug-likeness (QED) is 0.335. The van der Waals surface area contributed by atoms with Gasteiger partial charge in [-0.2, -0.15) is 10.1 Å². The van der Waals surface area contributed by atoms with Crippen LogP contribution in [0.2, 0.25) is 5.02 Å². The number of fused-ring (bicyclic) bond motifs is 1. The lowest BCUT2D eigenvalue weighted by Crippen LogP contribution is -2.47. The molecule has 0 spiro atoms. The fourth-order valence-electron chi connectivity index (χ4n) is 4.49. The summed E-state index contributed by atoms with van der Waals surface area (Å²) in [7, 11) is 5.16. The third kappa shape index (κ3) is 5.86. The number of hydrogen-bond donors (Lipinski definition) is 2. The molecule has 214 valence electrons. The number of piperazine rings is 1. The number of aromatic nitrogens is 5. The number of nitrogens with one attached hydrogen (secondary N) is 2. The number of carbonyl (C=O) groups is 2. The summed E-state index contributed by atoms with van der Waals surface area (Å²) < 4.78 is 8.41. The van der Waals surface area contributed by atoms with Crippen LogP contribution in [0.25, 0.3) is 16.9 Å². The number of hydrogen-bond acceptors (Lipinski definition) is 9. The smallest absolute Gasteiger partial charge is 0.293 e. The van der Waals surface area contributed by atoms with E-state index in [1.54, 1.807) is 36.2 Å². The van der Waals surface area contributed by atoms with Crippen LogP contribution in [0.3, 0.4) is 0 Å². The number of benzene rings is 1. The highest BCUT2D eigenvalue weighted by molar-refractivity contribution is 6.32. The topological polar surface area (TPSA) is 140 Å². The van der Waals surface area contributed by atoms with E-state index in [1.807, 2.05) is 20.0 Å². The highest BCUT2D eigenvalue weighted by Gasteiger charge is 2.24. The molecule has 1 aliphatic rings. The number of amides is 2. The van der Waals surface area contributed by atoms with Gasteiger partial charge in [-0.15, -0.1) is 0 Å². The van der Waals surface area contributed by atoms with Crippen LogP contribution in [-0.4, -0.2) is 92.8 Å². The van der Waals surface area contributed by atoms with Gasteiger partial charge in [-0.3, -0.25) is 14.4 Å². The van der Waals surface area contributed by atoms with E-state index in [0.717, 1.165) is 13.1 Å². The summed E-state index contributed by atoms with van der Waals surface area (Å²) in [6, 6.07) is 8.70. The number of likely N-dealkylation sites (N-methyl/N-ethyl adjacent to an activating group) is 2. The molecule has 0 aliphatic carbocycles. The van der Waals surface area contributed by atoms with Gasteiger partial charge in [0.25, 0.3) is 23.3 Å². The zero-order valence-electron chi connectivity index (χ0n) is 23.1. The van der Waals surface area contributed by atoms with Gasteiger partial charge in [0.2, 0.25) is 0 Å². The molecule has 1 aromatic carbocycles. The largest absolute Gasteiger partial charge is 0.478 e. The van der Waals surface area contributed by atoms with Crippen molar-refractivity contribution in [3.8, 4) is 11.7 Å². The molecule has 4 aromatic rings. The number of anilines is 2. The molecular formula is C27H30ClN9O4. The Balaban J connectivity index is 1.40. The van der Waals surface area contributed by atoms with Crippen LogP contribution in [0, 0.1) is 6.92 Å². The molecule has 41 heavy (non-hydrogen) atoms. The van der Waals surface area contributed by atoms with Crippen molar-refractivity contribution < 1.29 is 14.3 Å². The lowest BCUT2D eigenvalue weighted by atomic mass is 10.2. The minimum Gasteiger partial charge on any atom is -0.478 e. The van der Waals surface area contributed by atoms with Crippen molar-refractivity contribution in [1.82, 2.24) is 39.4 Å². The van der Waals surface area contributed by atoms with Gasteiger partial charge in [-0.05, 0) is 44.3 Å². The predicted octanol–water partition coefficient (Wildman–Crippen LogP) is 1.73. The summed E-state index contributed by atoms with van der Waals surface area (Å²) in [6.45, 7) is 4.48. The molecule has 5 rings (SSSR count). The molecule has 0 bridgehead atoms. The summed E-state index contributed by atoms with van der Waals surface area (Å²) in [5.74, 6) is 0.161. The average Bonchev–Trinajstić information content (AvgIpc) is 3.36. The van der Waals surface area contributed by atoms with Crippen molar-refractivity contribution >= 4 is 45.8 Å². The van der Waals surface area contributed by atoms with E-state index in [9.17, 15) is 14.4 Å². The van der Waals surface area contributed by atoms with Crippen molar-refractivity contribution in [1.29, 1.82) is 0 Å². The lowest BCUT2D eigenvalue weighted by molar-refractivity contribution is -0.122. The second kappa shape index (κ2) is 11.6. The first-order chi connectivity index (χ1) is 19.6. The van der Waals surface area contributed by atoms with E-state index in [1.165, 1.54) is 22.5 Å². The van der Waals surface area contributed by atoms with Gasteiger partial charge < -0.3 is 29.7 Å². The van der Waals surface area contributed by atoms with Gasteiger partial charge in [-0.25, -0.2) is 9.67 Å². The number of nitrogens with zero attached hydrogens (tertiary/aromatic N) is 7. The first-order valence-corrected chi connectivity index (χ1v) is 13.3. The third-order valence-corrected chi connectivity index (χ3v) is 7.19. The van der Waals surface area contributed by atoms with E-state index in [-0.39, 0.29) is 40.7 Å². The average molecular weight is 580 g/mol. The molecule has 1 fully saturated rings. The van der Waals surface area contributed by atoms with Gasteiger partial charge >= 0.3 is 0 Å². The van der Waals surface area contributed by atoms with Crippen molar-refractivity contribution in [2.24, 2.45) is 7.05 Å². The van der Waals surface area contributed by atoms with E-state index >= 15 is 0 Å². The zero-order valence-corrected chi connectivity index (χ0v) is 23.9. The van der Waals surface area contributed by atoms with E-state index in [4.69, 9.17) is 16.3 Å². The number of aryl methyl sites for hydroxylation is 2. The molecular weight excluding hydrogens is 550 g/mol. The van der Waals surface area contributed by atoms with Gasteiger partial charge in [0.1, 0.15) is 5.02 Å². The summed E-state index contributed by atoms with van der Waals surface area (Å²) in [4.78, 5) is 50.2. The summed E-state index contributed by atoms with van der Waals surface area (Å²) in [5.41, 5.74) is 1.99. The van der Waals surface area contributed by atoms with Crippen LogP contribution in [0.15, 0.2) is 41.3 Å². The molecule has 0 saturated carbocycles. The minimum absolute atomic E-state index is 0.0548. The molecule has 0 unspecified atom stereocenters. The molecule has 2 amide bonds. The van der Waals surface area contributed by atoms with Gasteiger partial charge in [0.15, 0.2) is 23.9 Å². The predicted molar refractivity (Wildman–Crippen MR) is 154 cm³/mol. The third-order valence-electron chi connectivity index (χ3n) is 6.91. The molecule has 14 heteroatoms. The fraction of sp³-hybridized carbons (Fsp3) is 0.333. The van der Waals surface area contributed by atoms with Crippen LogP contribution >= 0.6 is 11.6 Å². The monoisotopic (exact) mass is 579 g/mol. The van der Waals surface area contributed by atoms with Crippen molar-refractivity contribution in [2.75, 3.05) is 52.2 Å². The van der Waals surface area contributed by atoms with Crippen molar-refractivity contribution in [2.45, 2.75) is 6.92 Å². The van der Waals surface area contributed by atoms with Gasteiger partial charge in [-0.1, -0.05) is 11.6 Å². The molecule has 0 radical (unpaired) electrons. The van der Waals surface area contributed by atoms with Crippen molar-refractivity contribution in [3.63, 3.8) is 0 Å². The van der Waals surface area contributed by atoms with Crippen molar-refractivity contribution in [3.05, 3.63) is 63.3 Å². The van der Waals surface area contributed by atoms with E-state index in [2.05, 4.69) is 30.6 Å². The Kier molecular flexibility index (Phi) is 7.90. The highest BCUT2D eigenvalue weighted by Crippen LogP contribution is 2.27. The van der Waals surface area contributed by atoms with Crippen LogP contribution in [0.5, 0.6) is 5.75 Å². The minimum atomic E-state index is -0.356. The molecule has 3 aromatic heterocycles. The number of ether oxygens (including phenoxy) is 1. The summed E-state index contributed by atoms with van der Waals surface area (Å²) in [6.07, 6.45) is 1.46. The Morgan fingerprint density at radius 1 is 1.10 bits per heavy atom. The number of pyridine rings is 1. The maximum atomic E-state index is 13.0. The molecule has 13 nitrogen and oxygen atoms in total. The number of halogens is 1. The maximum absolute atomic E-state index is 13.0. The van der Waals surface area contributed by atoms with E-state index in [0.29, 0.717) is 46.9 Å².